The number of rotatable bonds is 3. The Balaban J connectivity index is 2.00. The SMILES string of the molecule is CO[C@H]1CN(C)C(=O)c2ccc(NC(C)=O)cc2OC[C@H](C)N(C(=O)c2cccnc2)C[C@@H]1C. The van der Waals surface area contributed by atoms with Gasteiger partial charge in [-0.1, -0.05) is 6.92 Å². The van der Waals surface area contributed by atoms with Gasteiger partial charge in [-0.2, -0.15) is 0 Å². The Morgan fingerprint density at radius 1 is 1.21 bits per heavy atom. The number of likely N-dealkylation sites (N-methyl/N-ethyl adjacent to an activating group) is 1. The predicted molar refractivity (Wildman–Crippen MR) is 128 cm³/mol. The molecule has 3 amide bonds. The Morgan fingerprint density at radius 2 is 1.97 bits per heavy atom. The summed E-state index contributed by atoms with van der Waals surface area (Å²) in [4.78, 5) is 45.5. The number of hydrogen-bond acceptors (Lipinski definition) is 6. The minimum Gasteiger partial charge on any atom is -0.491 e. The van der Waals surface area contributed by atoms with Crippen molar-refractivity contribution in [3.8, 4) is 5.75 Å². The molecule has 9 heteroatoms. The number of ether oxygens (including phenoxy) is 2. The van der Waals surface area contributed by atoms with Gasteiger partial charge < -0.3 is 24.6 Å². The van der Waals surface area contributed by atoms with Crippen LogP contribution in [0.15, 0.2) is 42.7 Å². The zero-order chi connectivity index (χ0) is 24.8. The van der Waals surface area contributed by atoms with Gasteiger partial charge in [0.15, 0.2) is 0 Å². The molecule has 1 aromatic heterocycles. The van der Waals surface area contributed by atoms with Gasteiger partial charge in [-0.3, -0.25) is 19.4 Å². The molecule has 0 unspecified atom stereocenters. The summed E-state index contributed by atoms with van der Waals surface area (Å²) in [5.74, 6) is -0.305. The van der Waals surface area contributed by atoms with E-state index in [-0.39, 0.29) is 42.4 Å². The third-order valence-corrected chi connectivity index (χ3v) is 5.94. The lowest BCUT2D eigenvalue weighted by Gasteiger charge is -2.36. The van der Waals surface area contributed by atoms with E-state index in [1.807, 2.05) is 13.8 Å². The molecule has 1 aliphatic rings. The fourth-order valence-corrected chi connectivity index (χ4v) is 3.99. The van der Waals surface area contributed by atoms with E-state index in [0.29, 0.717) is 35.7 Å². The molecule has 3 rings (SSSR count). The van der Waals surface area contributed by atoms with Gasteiger partial charge in [0.25, 0.3) is 11.8 Å². The number of benzene rings is 1. The highest BCUT2D eigenvalue weighted by Gasteiger charge is 2.31. The van der Waals surface area contributed by atoms with Crippen LogP contribution in [0, 0.1) is 5.92 Å². The van der Waals surface area contributed by atoms with Gasteiger partial charge >= 0.3 is 0 Å². The first-order valence-corrected chi connectivity index (χ1v) is 11.2. The Labute approximate surface area is 200 Å². The van der Waals surface area contributed by atoms with E-state index in [4.69, 9.17) is 9.47 Å². The lowest BCUT2D eigenvalue weighted by atomic mass is 10.0. The number of carbonyl (C=O) groups is 3. The van der Waals surface area contributed by atoms with Crippen LogP contribution in [0.2, 0.25) is 0 Å². The summed E-state index contributed by atoms with van der Waals surface area (Å²) in [6, 6.07) is 8.09. The number of pyridine rings is 1. The Hall–Kier alpha value is -3.46. The molecule has 0 saturated carbocycles. The summed E-state index contributed by atoms with van der Waals surface area (Å²) in [5.41, 5.74) is 1.38. The minimum atomic E-state index is -0.308. The summed E-state index contributed by atoms with van der Waals surface area (Å²) in [7, 11) is 3.32. The maximum absolute atomic E-state index is 13.4. The molecule has 0 radical (unpaired) electrons. The van der Waals surface area contributed by atoms with E-state index in [2.05, 4.69) is 10.3 Å². The van der Waals surface area contributed by atoms with E-state index in [1.54, 1.807) is 66.7 Å². The smallest absolute Gasteiger partial charge is 0.257 e. The average Bonchev–Trinajstić information content (AvgIpc) is 2.82. The number of hydrogen-bond donors (Lipinski definition) is 1. The zero-order valence-electron chi connectivity index (χ0n) is 20.3. The molecule has 0 spiro atoms. The number of nitrogens with one attached hydrogen (secondary N) is 1. The van der Waals surface area contributed by atoms with Gasteiger partial charge in [-0.15, -0.1) is 0 Å². The quantitative estimate of drug-likeness (QED) is 0.743. The Bertz CT molecular complexity index is 1030. The summed E-state index contributed by atoms with van der Waals surface area (Å²) in [5, 5.41) is 2.71. The van der Waals surface area contributed by atoms with Crippen molar-refractivity contribution in [2.75, 3.05) is 39.2 Å². The molecule has 1 aliphatic heterocycles. The summed E-state index contributed by atoms with van der Waals surface area (Å²) in [6.07, 6.45) is 2.89. The molecule has 0 bridgehead atoms. The van der Waals surface area contributed by atoms with Crippen molar-refractivity contribution in [3.05, 3.63) is 53.9 Å². The molecule has 9 nitrogen and oxygen atoms in total. The predicted octanol–water partition coefficient (Wildman–Crippen LogP) is 2.69. The van der Waals surface area contributed by atoms with Gasteiger partial charge in [0.1, 0.15) is 12.4 Å². The van der Waals surface area contributed by atoms with Crippen molar-refractivity contribution in [2.45, 2.75) is 32.9 Å². The summed E-state index contributed by atoms with van der Waals surface area (Å²) < 4.78 is 11.8. The monoisotopic (exact) mass is 468 g/mol. The van der Waals surface area contributed by atoms with Crippen LogP contribution in [-0.2, 0) is 9.53 Å². The van der Waals surface area contributed by atoms with Crippen molar-refractivity contribution >= 4 is 23.4 Å². The maximum Gasteiger partial charge on any atom is 0.257 e. The highest BCUT2D eigenvalue weighted by molar-refractivity contribution is 5.98. The van der Waals surface area contributed by atoms with Crippen molar-refractivity contribution < 1.29 is 23.9 Å². The molecule has 34 heavy (non-hydrogen) atoms. The summed E-state index contributed by atoms with van der Waals surface area (Å²) >= 11 is 0. The lowest BCUT2D eigenvalue weighted by Crippen LogP contribution is -2.48. The van der Waals surface area contributed by atoms with Crippen molar-refractivity contribution in [2.24, 2.45) is 5.92 Å². The van der Waals surface area contributed by atoms with Crippen LogP contribution in [0.5, 0.6) is 5.75 Å². The van der Waals surface area contributed by atoms with Gasteiger partial charge in [-0.05, 0) is 31.2 Å². The number of anilines is 1. The average molecular weight is 469 g/mol. The topological polar surface area (TPSA) is 101 Å². The highest BCUT2D eigenvalue weighted by atomic mass is 16.5. The second kappa shape index (κ2) is 11.1. The van der Waals surface area contributed by atoms with E-state index in [0.717, 1.165) is 0 Å². The van der Waals surface area contributed by atoms with Crippen LogP contribution >= 0.6 is 0 Å². The van der Waals surface area contributed by atoms with Gasteiger partial charge in [0, 0.05) is 64.2 Å². The second-order valence-corrected chi connectivity index (χ2v) is 8.69. The van der Waals surface area contributed by atoms with Crippen LogP contribution in [0.25, 0.3) is 0 Å². The number of fused-ring (bicyclic) bond motifs is 1. The molecule has 0 aliphatic carbocycles. The first-order chi connectivity index (χ1) is 16.2. The molecule has 2 heterocycles. The molecule has 3 atom stereocenters. The lowest BCUT2D eigenvalue weighted by molar-refractivity contribution is -0.114. The fourth-order valence-electron chi connectivity index (χ4n) is 3.99. The largest absolute Gasteiger partial charge is 0.491 e. The molecule has 1 aromatic carbocycles. The zero-order valence-corrected chi connectivity index (χ0v) is 20.3. The normalized spacial score (nSPS) is 21.6. The fraction of sp³-hybridized carbons (Fsp3) is 0.440. The van der Waals surface area contributed by atoms with Crippen LogP contribution in [0.3, 0.4) is 0 Å². The Morgan fingerprint density at radius 3 is 2.62 bits per heavy atom. The summed E-state index contributed by atoms with van der Waals surface area (Å²) in [6.45, 7) is 6.23. The number of aromatic nitrogens is 1. The first kappa shape index (κ1) is 25.2. The molecular weight excluding hydrogens is 436 g/mol. The molecular formula is C25H32N4O5. The third kappa shape index (κ3) is 5.91. The van der Waals surface area contributed by atoms with E-state index in [1.165, 1.54) is 6.92 Å². The van der Waals surface area contributed by atoms with Crippen LogP contribution in [-0.4, -0.2) is 78.5 Å². The van der Waals surface area contributed by atoms with Crippen molar-refractivity contribution in [1.29, 1.82) is 0 Å². The van der Waals surface area contributed by atoms with Gasteiger partial charge in [0.05, 0.1) is 23.3 Å². The maximum atomic E-state index is 13.4. The van der Waals surface area contributed by atoms with Gasteiger partial charge in [0.2, 0.25) is 5.91 Å². The molecule has 0 fully saturated rings. The molecule has 1 N–H and O–H groups in total. The van der Waals surface area contributed by atoms with E-state index >= 15 is 0 Å². The van der Waals surface area contributed by atoms with Gasteiger partial charge in [-0.25, -0.2) is 0 Å². The van der Waals surface area contributed by atoms with Crippen LogP contribution < -0.4 is 10.1 Å². The molecule has 182 valence electrons. The molecule has 0 saturated heterocycles. The molecule has 2 aromatic rings. The minimum absolute atomic E-state index is 0.0515. The first-order valence-electron chi connectivity index (χ1n) is 11.2. The second-order valence-electron chi connectivity index (χ2n) is 8.69. The van der Waals surface area contributed by atoms with Crippen LogP contribution in [0.4, 0.5) is 5.69 Å². The number of nitrogens with zero attached hydrogens (tertiary/aromatic N) is 3. The number of amides is 3. The number of methoxy groups -OCH3 is 1. The van der Waals surface area contributed by atoms with Crippen molar-refractivity contribution in [3.63, 3.8) is 0 Å². The van der Waals surface area contributed by atoms with Crippen LogP contribution in [0.1, 0.15) is 41.5 Å². The van der Waals surface area contributed by atoms with E-state index in [9.17, 15) is 14.4 Å². The Kier molecular flexibility index (Phi) is 8.22. The number of carbonyl (C=O) groups excluding carboxylic acids is 3. The highest BCUT2D eigenvalue weighted by Crippen LogP contribution is 2.27. The standard InChI is InChI=1S/C25H32N4O5/c1-16-13-29(24(31)19-7-6-10-26-12-19)17(2)15-34-22-11-20(27-18(3)30)8-9-21(22)25(32)28(4)14-23(16)33-5/h6-12,16-17,23H,13-15H2,1-5H3,(H,27,30)/t16-,17-,23-/m0/s1. The van der Waals surface area contributed by atoms with Crippen molar-refractivity contribution in [1.82, 2.24) is 14.8 Å². The third-order valence-electron chi connectivity index (χ3n) is 5.94. The van der Waals surface area contributed by atoms with E-state index < -0.39 is 0 Å².